The number of alkyl halides is 3. The summed E-state index contributed by atoms with van der Waals surface area (Å²) in [4.78, 5) is 3.37. The first-order valence-electron chi connectivity index (χ1n) is 3.26. The molecule has 0 radical (unpaired) electrons. The van der Waals surface area contributed by atoms with Crippen LogP contribution in [0.15, 0.2) is 6.20 Å². The molecule has 78 valence electrons. The van der Waals surface area contributed by atoms with Gasteiger partial charge in [0.15, 0.2) is 5.75 Å². The molecule has 0 bridgehead atoms. The molecular formula is C6H5ClF3N3O. The Kier molecular flexibility index (Phi) is 2.61. The van der Waals surface area contributed by atoms with E-state index in [1.54, 1.807) is 0 Å². The van der Waals surface area contributed by atoms with Crippen LogP contribution in [0, 0.1) is 0 Å². The second-order valence-electron chi connectivity index (χ2n) is 2.28. The van der Waals surface area contributed by atoms with Crippen LogP contribution in [0.1, 0.15) is 0 Å². The molecule has 1 aromatic rings. The highest BCUT2D eigenvalue weighted by Crippen LogP contribution is 2.35. The highest BCUT2D eigenvalue weighted by molar-refractivity contribution is 6.35. The van der Waals surface area contributed by atoms with Gasteiger partial charge in [0.2, 0.25) is 0 Å². The summed E-state index contributed by atoms with van der Waals surface area (Å²) in [6.07, 6.45) is -4.09. The number of hydrogen-bond donors (Lipinski definition) is 2. The molecule has 4 nitrogen and oxygen atoms in total. The molecule has 8 heteroatoms. The Balaban J connectivity index is 3.06. The number of anilines is 2. The summed E-state index contributed by atoms with van der Waals surface area (Å²) in [5.74, 6) is -0.824. The van der Waals surface area contributed by atoms with E-state index in [9.17, 15) is 13.2 Å². The van der Waals surface area contributed by atoms with Crippen LogP contribution in [0.5, 0.6) is 5.75 Å². The van der Waals surface area contributed by atoms with Gasteiger partial charge in [-0.3, -0.25) is 0 Å². The molecule has 1 aromatic heterocycles. The van der Waals surface area contributed by atoms with E-state index >= 15 is 0 Å². The van der Waals surface area contributed by atoms with Gasteiger partial charge >= 0.3 is 6.36 Å². The smallest absolute Gasteiger partial charge is 0.402 e. The van der Waals surface area contributed by atoms with Gasteiger partial charge in [0.05, 0.1) is 11.9 Å². The van der Waals surface area contributed by atoms with Crippen molar-refractivity contribution in [3.05, 3.63) is 11.2 Å². The Morgan fingerprint density at radius 1 is 1.36 bits per heavy atom. The predicted molar refractivity (Wildman–Crippen MR) is 44.8 cm³/mol. The van der Waals surface area contributed by atoms with Gasteiger partial charge in [0.25, 0.3) is 0 Å². The molecule has 0 amide bonds. The maximum Gasteiger partial charge on any atom is 0.573 e. The van der Waals surface area contributed by atoms with Gasteiger partial charge in [-0.1, -0.05) is 11.6 Å². The molecule has 1 rings (SSSR count). The molecule has 0 spiro atoms. The van der Waals surface area contributed by atoms with Crippen molar-refractivity contribution in [1.82, 2.24) is 4.98 Å². The number of hydrogen-bond acceptors (Lipinski definition) is 4. The van der Waals surface area contributed by atoms with E-state index in [-0.39, 0.29) is 11.5 Å². The van der Waals surface area contributed by atoms with Crippen molar-refractivity contribution in [1.29, 1.82) is 0 Å². The largest absolute Gasteiger partial charge is 0.573 e. The summed E-state index contributed by atoms with van der Waals surface area (Å²) >= 11 is 5.43. The van der Waals surface area contributed by atoms with Crippen LogP contribution in [0.25, 0.3) is 0 Å². The molecule has 1 heterocycles. The Morgan fingerprint density at radius 3 is 2.43 bits per heavy atom. The lowest BCUT2D eigenvalue weighted by atomic mass is 10.4. The minimum absolute atomic E-state index is 0.149. The predicted octanol–water partition coefficient (Wildman–Crippen LogP) is 1.80. The minimum Gasteiger partial charge on any atom is -0.402 e. The molecule has 0 fully saturated rings. The molecule has 14 heavy (non-hydrogen) atoms. The Labute approximate surface area is 81.6 Å². The highest BCUT2D eigenvalue weighted by Gasteiger charge is 2.32. The quantitative estimate of drug-likeness (QED) is 0.767. The van der Waals surface area contributed by atoms with Gasteiger partial charge in [0, 0.05) is 0 Å². The van der Waals surface area contributed by atoms with E-state index in [0.717, 1.165) is 6.20 Å². The third-order valence-corrected chi connectivity index (χ3v) is 1.67. The number of halogens is 4. The number of nitrogens with two attached hydrogens (primary N) is 2. The van der Waals surface area contributed by atoms with E-state index in [1.807, 2.05) is 0 Å². The van der Waals surface area contributed by atoms with Crippen LogP contribution >= 0.6 is 11.6 Å². The molecule has 0 atom stereocenters. The third kappa shape index (κ3) is 2.32. The standard InChI is InChI=1S/C6H5ClF3N3O/c7-3-2(14-6(8,9)10)1-13-5(12)4(3)11/h1H,11H2,(H2,12,13). The lowest BCUT2D eigenvalue weighted by Crippen LogP contribution is -2.18. The normalized spacial score (nSPS) is 11.4. The van der Waals surface area contributed by atoms with Crippen LogP contribution < -0.4 is 16.2 Å². The second-order valence-corrected chi connectivity index (χ2v) is 2.66. The topological polar surface area (TPSA) is 74.2 Å². The van der Waals surface area contributed by atoms with Crippen molar-refractivity contribution in [3.63, 3.8) is 0 Å². The summed E-state index contributed by atoms with van der Waals surface area (Å²) in [5.41, 5.74) is 10.2. The van der Waals surface area contributed by atoms with E-state index in [0.29, 0.717) is 0 Å². The number of pyridine rings is 1. The molecule has 0 aromatic carbocycles. The average Bonchev–Trinajstić information content (AvgIpc) is 2.04. The van der Waals surface area contributed by atoms with Gasteiger partial charge in [0.1, 0.15) is 10.8 Å². The zero-order valence-corrected chi connectivity index (χ0v) is 7.36. The molecule has 0 aliphatic carbocycles. The lowest BCUT2D eigenvalue weighted by Gasteiger charge is -2.11. The number of ether oxygens (including phenoxy) is 1. The number of nitrogen functional groups attached to an aromatic ring is 2. The zero-order valence-electron chi connectivity index (χ0n) is 6.60. The van der Waals surface area contributed by atoms with Gasteiger partial charge in [-0.25, -0.2) is 4.98 Å². The summed E-state index contributed by atoms with van der Waals surface area (Å²) in [6.45, 7) is 0. The monoisotopic (exact) mass is 227 g/mol. The minimum atomic E-state index is -4.84. The first-order chi connectivity index (χ1) is 6.31. The Bertz CT molecular complexity index is 355. The van der Waals surface area contributed by atoms with Crippen LogP contribution in [0.3, 0.4) is 0 Å². The van der Waals surface area contributed by atoms with Crippen molar-refractivity contribution in [2.75, 3.05) is 11.5 Å². The summed E-state index contributed by atoms with van der Waals surface area (Å²) < 4.78 is 38.9. The van der Waals surface area contributed by atoms with Crippen LogP contribution in [-0.4, -0.2) is 11.3 Å². The van der Waals surface area contributed by atoms with Crippen molar-refractivity contribution in [2.45, 2.75) is 6.36 Å². The van der Waals surface area contributed by atoms with Crippen molar-refractivity contribution in [2.24, 2.45) is 0 Å². The van der Waals surface area contributed by atoms with Crippen LogP contribution in [0.2, 0.25) is 5.02 Å². The molecule has 0 aliphatic heterocycles. The maximum absolute atomic E-state index is 11.8. The number of nitrogens with zero attached hydrogens (tertiary/aromatic N) is 1. The second kappa shape index (κ2) is 3.41. The molecule has 0 saturated heterocycles. The fourth-order valence-corrected chi connectivity index (χ4v) is 0.880. The molecular weight excluding hydrogens is 223 g/mol. The summed E-state index contributed by atoms with van der Waals surface area (Å²) in [7, 11) is 0. The first-order valence-corrected chi connectivity index (χ1v) is 3.64. The number of aromatic nitrogens is 1. The van der Waals surface area contributed by atoms with Crippen LogP contribution in [0.4, 0.5) is 24.7 Å². The summed E-state index contributed by atoms with van der Waals surface area (Å²) in [6, 6.07) is 0. The van der Waals surface area contributed by atoms with Gasteiger partial charge in [-0.05, 0) is 0 Å². The first kappa shape index (κ1) is 10.7. The number of rotatable bonds is 1. The Hall–Kier alpha value is -1.37. The SMILES string of the molecule is Nc1ncc(OC(F)(F)F)c(Cl)c1N. The summed E-state index contributed by atoms with van der Waals surface area (Å²) in [5, 5.41) is -0.408. The van der Waals surface area contributed by atoms with Gasteiger partial charge < -0.3 is 16.2 Å². The van der Waals surface area contributed by atoms with E-state index in [4.69, 9.17) is 23.1 Å². The van der Waals surface area contributed by atoms with E-state index in [2.05, 4.69) is 9.72 Å². The Morgan fingerprint density at radius 2 is 1.93 bits per heavy atom. The highest BCUT2D eigenvalue weighted by atomic mass is 35.5. The average molecular weight is 228 g/mol. The van der Waals surface area contributed by atoms with Crippen molar-refractivity contribution < 1.29 is 17.9 Å². The van der Waals surface area contributed by atoms with Gasteiger partial charge in [-0.2, -0.15) is 0 Å². The van der Waals surface area contributed by atoms with Gasteiger partial charge in [-0.15, -0.1) is 13.2 Å². The molecule has 4 N–H and O–H groups in total. The molecule has 0 saturated carbocycles. The van der Waals surface area contributed by atoms with E-state index < -0.39 is 17.1 Å². The van der Waals surface area contributed by atoms with E-state index in [1.165, 1.54) is 0 Å². The fourth-order valence-electron chi connectivity index (χ4n) is 0.695. The molecule has 0 aliphatic rings. The van der Waals surface area contributed by atoms with Crippen LogP contribution in [-0.2, 0) is 0 Å². The third-order valence-electron chi connectivity index (χ3n) is 1.28. The van der Waals surface area contributed by atoms with Crippen molar-refractivity contribution in [3.8, 4) is 5.75 Å². The zero-order chi connectivity index (χ0) is 10.9. The fraction of sp³-hybridized carbons (Fsp3) is 0.167. The maximum atomic E-state index is 11.8. The van der Waals surface area contributed by atoms with Crippen molar-refractivity contribution >= 4 is 23.1 Å². The lowest BCUT2D eigenvalue weighted by molar-refractivity contribution is -0.274. The molecule has 0 unspecified atom stereocenters.